The predicted molar refractivity (Wildman–Crippen MR) is 116 cm³/mol. The predicted octanol–water partition coefficient (Wildman–Crippen LogP) is 3.51. The van der Waals surface area contributed by atoms with Crippen molar-refractivity contribution >= 4 is 0 Å². The second-order valence-corrected chi connectivity index (χ2v) is 7.63. The first-order chi connectivity index (χ1) is 14.6. The number of aromatic amines is 1. The van der Waals surface area contributed by atoms with Crippen molar-refractivity contribution in [1.29, 1.82) is 0 Å². The van der Waals surface area contributed by atoms with E-state index in [1.54, 1.807) is 7.11 Å². The molecule has 1 aromatic heterocycles. The quantitative estimate of drug-likeness (QED) is 0.679. The minimum absolute atomic E-state index is 0.0444. The molecule has 30 heavy (non-hydrogen) atoms. The standard InChI is InChI=1S/C24H26FN3O2/c1-30-22-9-4-19(5-10-22)23-11-6-20(24(29)26-23)17-28-14-12-27(13-15-28)16-18-2-7-21(25)8-3-18/h2-11H,12-17H2,1H3,(H,26,29). The van der Waals surface area contributed by atoms with Crippen molar-refractivity contribution in [2.45, 2.75) is 13.1 Å². The SMILES string of the molecule is COc1ccc(-c2ccc(CN3CCN(Cc4ccc(F)cc4)CC3)c(=O)[nH]2)cc1. The van der Waals surface area contributed by atoms with Gasteiger partial charge in [-0.2, -0.15) is 0 Å². The molecule has 1 fully saturated rings. The summed E-state index contributed by atoms with van der Waals surface area (Å²) in [5.41, 5.74) is 3.61. The third-order valence-corrected chi connectivity index (χ3v) is 5.57. The van der Waals surface area contributed by atoms with Crippen LogP contribution >= 0.6 is 0 Å². The molecule has 1 aliphatic heterocycles. The highest BCUT2D eigenvalue weighted by Crippen LogP contribution is 2.20. The van der Waals surface area contributed by atoms with Crippen LogP contribution in [0.1, 0.15) is 11.1 Å². The third kappa shape index (κ3) is 4.96. The Kier molecular flexibility index (Phi) is 6.26. The van der Waals surface area contributed by atoms with Gasteiger partial charge in [-0.25, -0.2) is 4.39 Å². The highest BCUT2D eigenvalue weighted by molar-refractivity contribution is 5.60. The van der Waals surface area contributed by atoms with Gasteiger partial charge in [-0.1, -0.05) is 18.2 Å². The summed E-state index contributed by atoms with van der Waals surface area (Å²) in [6, 6.07) is 18.2. The molecule has 0 bridgehead atoms. The van der Waals surface area contributed by atoms with E-state index in [1.807, 2.05) is 48.5 Å². The first-order valence-electron chi connectivity index (χ1n) is 10.2. The smallest absolute Gasteiger partial charge is 0.252 e. The molecule has 1 aliphatic rings. The molecule has 0 radical (unpaired) electrons. The number of rotatable bonds is 6. The van der Waals surface area contributed by atoms with Gasteiger partial charge in [-0.3, -0.25) is 14.6 Å². The number of halogens is 1. The van der Waals surface area contributed by atoms with Crippen molar-refractivity contribution in [3.63, 3.8) is 0 Å². The minimum Gasteiger partial charge on any atom is -0.497 e. The summed E-state index contributed by atoms with van der Waals surface area (Å²) in [5.74, 6) is 0.586. The van der Waals surface area contributed by atoms with Gasteiger partial charge < -0.3 is 9.72 Å². The molecule has 2 heterocycles. The lowest BCUT2D eigenvalue weighted by Crippen LogP contribution is -2.45. The minimum atomic E-state index is -0.202. The topological polar surface area (TPSA) is 48.6 Å². The summed E-state index contributed by atoms with van der Waals surface area (Å²) >= 11 is 0. The van der Waals surface area contributed by atoms with E-state index in [1.165, 1.54) is 12.1 Å². The van der Waals surface area contributed by atoms with Crippen LogP contribution in [0, 0.1) is 5.82 Å². The lowest BCUT2D eigenvalue weighted by molar-refractivity contribution is 0.121. The number of nitrogens with one attached hydrogen (secondary N) is 1. The summed E-state index contributed by atoms with van der Waals surface area (Å²) in [6.07, 6.45) is 0. The van der Waals surface area contributed by atoms with Crippen molar-refractivity contribution in [2.75, 3.05) is 33.3 Å². The average molecular weight is 407 g/mol. The van der Waals surface area contributed by atoms with Crippen LogP contribution in [0.3, 0.4) is 0 Å². The molecule has 0 spiro atoms. The maximum Gasteiger partial charge on any atom is 0.252 e. The zero-order valence-electron chi connectivity index (χ0n) is 17.1. The number of hydrogen-bond acceptors (Lipinski definition) is 4. The largest absolute Gasteiger partial charge is 0.497 e. The van der Waals surface area contributed by atoms with Gasteiger partial charge in [0, 0.05) is 50.5 Å². The first kappa shape index (κ1) is 20.3. The van der Waals surface area contributed by atoms with Gasteiger partial charge in [0.05, 0.1) is 7.11 Å². The zero-order valence-corrected chi connectivity index (χ0v) is 17.1. The molecule has 3 aromatic rings. The van der Waals surface area contributed by atoms with E-state index in [0.29, 0.717) is 6.54 Å². The van der Waals surface area contributed by atoms with Gasteiger partial charge in [-0.15, -0.1) is 0 Å². The number of aromatic nitrogens is 1. The van der Waals surface area contributed by atoms with E-state index in [4.69, 9.17) is 4.74 Å². The Balaban J connectivity index is 1.33. The average Bonchev–Trinajstić information content (AvgIpc) is 2.78. The molecule has 1 saturated heterocycles. The zero-order chi connectivity index (χ0) is 20.9. The van der Waals surface area contributed by atoms with Crippen LogP contribution in [-0.2, 0) is 13.1 Å². The molecule has 0 aliphatic carbocycles. The maximum atomic E-state index is 13.1. The summed E-state index contributed by atoms with van der Waals surface area (Å²) in [5, 5.41) is 0. The van der Waals surface area contributed by atoms with Crippen molar-refractivity contribution in [3.8, 4) is 17.0 Å². The normalized spacial score (nSPS) is 15.3. The van der Waals surface area contributed by atoms with Gasteiger partial charge in [0.25, 0.3) is 5.56 Å². The number of pyridine rings is 1. The Hall–Kier alpha value is -2.96. The molecule has 4 rings (SSSR count). The van der Waals surface area contributed by atoms with Crippen molar-refractivity contribution in [1.82, 2.24) is 14.8 Å². The van der Waals surface area contributed by atoms with E-state index in [-0.39, 0.29) is 11.4 Å². The molecule has 156 valence electrons. The Morgan fingerprint density at radius 1 is 0.867 bits per heavy atom. The molecule has 0 saturated carbocycles. The van der Waals surface area contributed by atoms with Crippen molar-refractivity contribution in [3.05, 3.63) is 88.0 Å². The fraction of sp³-hybridized carbons (Fsp3) is 0.292. The molecule has 6 heteroatoms. The van der Waals surface area contributed by atoms with Gasteiger partial charge in [0.1, 0.15) is 11.6 Å². The lowest BCUT2D eigenvalue weighted by Gasteiger charge is -2.34. The van der Waals surface area contributed by atoms with Gasteiger partial charge in [0.2, 0.25) is 0 Å². The Morgan fingerprint density at radius 3 is 2.10 bits per heavy atom. The van der Waals surface area contributed by atoms with Crippen LogP contribution < -0.4 is 10.3 Å². The van der Waals surface area contributed by atoms with E-state index in [2.05, 4.69) is 14.8 Å². The van der Waals surface area contributed by atoms with Crippen LogP contribution in [-0.4, -0.2) is 48.1 Å². The van der Waals surface area contributed by atoms with E-state index >= 15 is 0 Å². The molecular formula is C24H26FN3O2. The van der Waals surface area contributed by atoms with Crippen LogP contribution in [0.5, 0.6) is 5.75 Å². The number of ether oxygens (including phenoxy) is 1. The van der Waals surface area contributed by atoms with E-state index in [0.717, 1.165) is 60.9 Å². The highest BCUT2D eigenvalue weighted by Gasteiger charge is 2.18. The Labute approximate surface area is 175 Å². The molecule has 5 nitrogen and oxygen atoms in total. The number of nitrogens with zero attached hydrogens (tertiary/aromatic N) is 2. The first-order valence-corrected chi connectivity index (χ1v) is 10.2. The van der Waals surface area contributed by atoms with Crippen molar-refractivity contribution < 1.29 is 9.13 Å². The number of piperazine rings is 1. The van der Waals surface area contributed by atoms with E-state index in [9.17, 15) is 9.18 Å². The van der Waals surface area contributed by atoms with Crippen LogP contribution in [0.25, 0.3) is 11.3 Å². The fourth-order valence-electron chi connectivity index (χ4n) is 3.76. The molecular weight excluding hydrogens is 381 g/mol. The number of hydrogen-bond donors (Lipinski definition) is 1. The van der Waals surface area contributed by atoms with Gasteiger partial charge in [-0.05, 0) is 53.6 Å². The monoisotopic (exact) mass is 407 g/mol. The summed E-state index contributed by atoms with van der Waals surface area (Å²) in [6.45, 7) is 5.13. The fourth-order valence-corrected chi connectivity index (χ4v) is 3.76. The molecule has 0 unspecified atom stereocenters. The number of H-pyrrole nitrogens is 1. The Bertz CT molecular complexity index is 1020. The summed E-state index contributed by atoms with van der Waals surface area (Å²) in [7, 11) is 1.63. The number of benzene rings is 2. The maximum absolute atomic E-state index is 13.1. The third-order valence-electron chi connectivity index (χ3n) is 5.57. The molecule has 2 aromatic carbocycles. The van der Waals surface area contributed by atoms with Crippen LogP contribution in [0.2, 0.25) is 0 Å². The highest BCUT2D eigenvalue weighted by atomic mass is 19.1. The molecule has 0 amide bonds. The Morgan fingerprint density at radius 2 is 1.50 bits per heavy atom. The van der Waals surface area contributed by atoms with Gasteiger partial charge in [0.15, 0.2) is 0 Å². The lowest BCUT2D eigenvalue weighted by atomic mass is 10.1. The van der Waals surface area contributed by atoms with Crippen molar-refractivity contribution in [2.24, 2.45) is 0 Å². The molecule has 0 atom stereocenters. The summed E-state index contributed by atoms with van der Waals surface area (Å²) < 4.78 is 18.2. The molecule has 1 N–H and O–H groups in total. The van der Waals surface area contributed by atoms with E-state index < -0.39 is 0 Å². The summed E-state index contributed by atoms with van der Waals surface area (Å²) in [4.78, 5) is 20.3. The second kappa shape index (κ2) is 9.24. The van der Waals surface area contributed by atoms with Crippen LogP contribution in [0.15, 0.2) is 65.5 Å². The van der Waals surface area contributed by atoms with Gasteiger partial charge >= 0.3 is 0 Å². The number of methoxy groups -OCH3 is 1. The van der Waals surface area contributed by atoms with Crippen LogP contribution in [0.4, 0.5) is 4.39 Å². The second-order valence-electron chi connectivity index (χ2n) is 7.63.